The maximum absolute atomic E-state index is 12.2. The van der Waals surface area contributed by atoms with E-state index < -0.39 is 23.6 Å². The van der Waals surface area contributed by atoms with Crippen LogP contribution in [-0.4, -0.2) is 23.3 Å². The van der Waals surface area contributed by atoms with E-state index in [1.165, 1.54) is 0 Å². The molecule has 1 aliphatic rings. The fraction of sp³-hybridized carbons (Fsp3) is 0.833. The number of carbonyl (C=O) groups is 1. The van der Waals surface area contributed by atoms with Gasteiger partial charge < -0.3 is 10.8 Å². The molecular formula is C6H8F3NO2. The second-order valence-electron chi connectivity index (χ2n) is 2.97. The van der Waals surface area contributed by atoms with Crippen molar-refractivity contribution < 1.29 is 23.1 Å². The van der Waals surface area contributed by atoms with Crippen LogP contribution in [0.5, 0.6) is 0 Å². The van der Waals surface area contributed by atoms with Crippen LogP contribution in [0.2, 0.25) is 0 Å². The van der Waals surface area contributed by atoms with Crippen molar-refractivity contribution >= 4 is 5.97 Å². The molecule has 0 amide bonds. The number of alkyl halides is 3. The van der Waals surface area contributed by atoms with Crippen molar-refractivity contribution in [3.8, 4) is 0 Å². The van der Waals surface area contributed by atoms with E-state index in [2.05, 4.69) is 0 Å². The van der Waals surface area contributed by atoms with Gasteiger partial charge in [0.25, 0.3) is 0 Å². The molecule has 1 fully saturated rings. The first-order valence-corrected chi connectivity index (χ1v) is 3.36. The summed E-state index contributed by atoms with van der Waals surface area (Å²) in [7, 11) is 0. The topological polar surface area (TPSA) is 63.3 Å². The largest absolute Gasteiger partial charge is 0.480 e. The number of carboxylic acid groups (broad SMARTS) is 1. The Hall–Kier alpha value is -0.780. The fourth-order valence-electron chi connectivity index (χ4n) is 1.14. The molecule has 6 heteroatoms. The molecule has 1 atom stereocenters. The Balaban J connectivity index is 2.80. The molecule has 3 N–H and O–H groups in total. The average Bonchev–Trinajstić information content (AvgIpc) is 2.62. The standard InChI is InChI=1S/C6H8F3NO2/c7-6(8,9)5(1-2-5)3(10)4(11)12/h3H,1-2,10H2,(H,11,12)/t3-/m0/s1. The van der Waals surface area contributed by atoms with E-state index in [1.54, 1.807) is 0 Å². The van der Waals surface area contributed by atoms with Crippen molar-refractivity contribution in [3.63, 3.8) is 0 Å². The van der Waals surface area contributed by atoms with E-state index in [1.807, 2.05) is 0 Å². The molecule has 0 spiro atoms. The summed E-state index contributed by atoms with van der Waals surface area (Å²) in [6, 6.07) is -1.82. The maximum atomic E-state index is 12.2. The van der Waals surface area contributed by atoms with Gasteiger partial charge in [0.1, 0.15) is 6.04 Å². The summed E-state index contributed by atoms with van der Waals surface area (Å²) in [4.78, 5) is 10.2. The van der Waals surface area contributed by atoms with Gasteiger partial charge in [-0.15, -0.1) is 0 Å². The van der Waals surface area contributed by atoms with Gasteiger partial charge in [-0.25, -0.2) is 0 Å². The second kappa shape index (κ2) is 2.35. The summed E-state index contributed by atoms with van der Waals surface area (Å²) in [6.07, 6.45) is -4.85. The van der Waals surface area contributed by atoms with E-state index in [9.17, 15) is 18.0 Å². The Morgan fingerprint density at radius 2 is 1.92 bits per heavy atom. The zero-order valence-electron chi connectivity index (χ0n) is 6.06. The summed E-state index contributed by atoms with van der Waals surface area (Å²) in [5.41, 5.74) is 2.77. The van der Waals surface area contributed by atoms with Crippen LogP contribution in [0, 0.1) is 5.41 Å². The van der Waals surface area contributed by atoms with Crippen molar-refractivity contribution in [3.05, 3.63) is 0 Å². The van der Waals surface area contributed by atoms with Crippen molar-refractivity contribution in [2.45, 2.75) is 25.1 Å². The number of carboxylic acids is 1. The van der Waals surface area contributed by atoms with Crippen LogP contribution in [0.25, 0.3) is 0 Å². The van der Waals surface area contributed by atoms with Gasteiger partial charge in [0.2, 0.25) is 0 Å². The first kappa shape index (κ1) is 9.31. The number of halogens is 3. The monoisotopic (exact) mass is 183 g/mol. The number of aliphatic carboxylic acids is 1. The molecule has 3 nitrogen and oxygen atoms in total. The lowest BCUT2D eigenvalue weighted by Crippen LogP contribution is -2.47. The molecule has 1 aliphatic carbocycles. The number of nitrogens with two attached hydrogens (primary N) is 1. The third-order valence-corrected chi connectivity index (χ3v) is 2.21. The Morgan fingerprint density at radius 1 is 1.50 bits per heavy atom. The van der Waals surface area contributed by atoms with E-state index in [-0.39, 0.29) is 12.8 Å². The van der Waals surface area contributed by atoms with Crippen molar-refractivity contribution in [2.75, 3.05) is 0 Å². The van der Waals surface area contributed by atoms with Gasteiger partial charge in [0.15, 0.2) is 0 Å². The van der Waals surface area contributed by atoms with Crippen LogP contribution >= 0.6 is 0 Å². The molecule has 0 unspecified atom stereocenters. The van der Waals surface area contributed by atoms with Gasteiger partial charge in [-0.05, 0) is 12.8 Å². The predicted molar refractivity (Wildman–Crippen MR) is 33.3 cm³/mol. The minimum absolute atomic E-state index is 0.177. The highest BCUT2D eigenvalue weighted by atomic mass is 19.4. The van der Waals surface area contributed by atoms with E-state index in [0.29, 0.717) is 0 Å². The Bertz CT molecular complexity index is 209. The molecule has 0 aromatic carbocycles. The van der Waals surface area contributed by atoms with E-state index in [0.717, 1.165) is 0 Å². The van der Waals surface area contributed by atoms with Crippen LogP contribution < -0.4 is 5.73 Å². The molecule has 0 aliphatic heterocycles. The van der Waals surface area contributed by atoms with Gasteiger partial charge in [-0.3, -0.25) is 4.79 Å². The number of hydrogen-bond acceptors (Lipinski definition) is 2. The minimum Gasteiger partial charge on any atom is -0.480 e. The van der Waals surface area contributed by atoms with Crippen LogP contribution in [0.3, 0.4) is 0 Å². The Morgan fingerprint density at radius 3 is 2.00 bits per heavy atom. The number of rotatable bonds is 2. The van der Waals surface area contributed by atoms with Crippen molar-refractivity contribution in [2.24, 2.45) is 11.1 Å². The smallest absolute Gasteiger partial charge is 0.396 e. The average molecular weight is 183 g/mol. The zero-order valence-corrected chi connectivity index (χ0v) is 6.06. The Kier molecular flexibility index (Phi) is 1.82. The van der Waals surface area contributed by atoms with Gasteiger partial charge in [-0.1, -0.05) is 0 Å². The highest BCUT2D eigenvalue weighted by Crippen LogP contribution is 2.59. The van der Waals surface area contributed by atoms with Crippen LogP contribution in [0.1, 0.15) is 12.8 Å². The predicted octanol–water partition coefficient (Wildman–Crippen LogP) is 0.741. The van der Waals surface area contributed by atoms with Gasteiger partial charge in [0, 0.05) is 0 Å². The van der Waals surface area contributed by atoms with Gasteiger partial charge in [0.05, 0.1) is 5.41 Å². The zero-order chi connectivity index (χ0) is 9.57. The molecule has 1 rings (SSSR count). The normalized spacial score (nSPS) is 23.3. The first-order chi connectivity index (χ1) is 5.31. The summed E-state index contributed by atoms with van der Waals surface area (Å²) in [6.45, 7) is 0. The lowest BCUT2D eigenvalue weighted by Gasteiger charge is -2.22. The van der Waals surface area contributed by atoms with Crippen LogP contribution in [0.4, 0.5) is 13.2 Å². The lowest BCUT2D eigenvalue weighted by molar-refractivity contribution is -0.198. The summed E-state index contributed by atoms with van der Waals surface area (Å²) < 4.78 is 36.5. The van der Waals surface area contributed by atoms with Crippen LogP contribution in [-0.2, 0) is 4.79 Å². The minimum atomic E-state index is -4.50. The SMILES string of the molecule is N[C@@H](C(=O)O)C1(C(F)(F)F)CC1. The fourth-order valence-corrected chi connectivity index (χ4v) is 1.14. The molecule has 0 heterocycles. The molecule has 12 heavy (non-hydrogen) atoms. The molecule has 1 saturated carbocycles. The van der Waals surface area contributed by atoms with Crippen molar-refractivity contribution in [1.82, 2.24) is 0 Å². The summed E-state index contributed by atoms with van der Waals surface area (Å²) in [5.74, 6) is -1.59. The van der Waals surface area contributed by atoms with E-state index in [4.69, 9.17) is 10.8 Å². The van der Waals surface area contributed by atoms with Gasteiger partial charge in [-0.2, -0.15) is 13.2 Å². The molecule has 0 aromatic rings. The quantitative estimate of drug-likeness (QED) is 0.663. The third kappa shape index (κ3) is 1.16. The number of hydrogen-bond donors (Lipinski definition) is 2. The lowest BCUT2D eigenvalue weighted by atomic mass is 9.97. The molecule has 0 radical (unpaired) electrons. The first-order valence-electron chi connectivity index (χ1n) is 3.36. The second-order valence-corrected chi connectivity index (χ2v) is 2.97. The van der Waals surface area contributed by atoms with E-state index >= 15 is 0 Å². The highest BCUT2D eigenvalue weighted by Gasteiger charge is 2.68. The van der Waals surface area contributed by atoms with Gasteiger partial charge >= 0.3 is 12.1 Å². The summed E-state index contributed by atoms with van der Waals surface area (Å²) in [5, 5.41) is 8.30. The molecule has 70 valence electrons. The molecule has 0 saturated heterocycles. The maximum Gasteiger partial charge on any atom is 0.396 e. The molecule has 0 bridgehead atoms. The summed E-state index contributed by atoms with van der Waals surface area (Å²) >= 11 is 0. The highest BCUT2D eigenvalue weighted by molar-refractivity contribution is 5.75. The third-order valence-electron chi connectivity index (χ3n) is 2.21. The molecular weight excluding hydrogens is 175 g/mol. The van der Waals surface area contributed by atoms with Crippen molar-refractivity contribution in [1.29, 1.82) is 0 Å². The Labute approximate surface area is 66.4 Å². The van der Waals surface area contributed by atoms with Crippen LogP contribution in [0.15, 0.2) is 0 Å². The molecule has 0 aromatic heterocycles.